The summed E-state index contributed by atoms with van der Waals surface area (Å²) in [6, 6.07) is 22.5. The number of fused-ring (bicyclic) bond motifs is 15. The van der Waals surface area contributed by atoms with E-state index in [1.54, 1.807) is 0 Å². The summed E-state index contributed by atoms with van der Waals surface area (Å²) >= 11 is 0. The molecule has 0 atom stereocenters. The zero-order valence-corrected chi connectivity index (χ0v) is 18.8. The summed E-state index contributed by atoms with van der Waals surface area (Å²) in [6.07, 6.45) is 9.53. The molecule has 162 valence electrons. The lowest BCUT2D eigenvalue weighted by Crippen LogP contribution is -1.94. The monoisotopic (exact) mass is 446 g/mol. The molecule has 2 aliphatic carbocycles. The molecule has 9 rings (SSSR count). The summed E-state index contributed by atoms with van der Waals surface area (Å²) in [6.45, 7) is 0. The molecule has 3 aromatic carbocycles. The van der Waals surface area contributed by atoms with Crippen molar-refractivity contribution in [1.29, 1.82) is 0 Å². The Hall–Kier alpha value is -4.57. The fourth-order valence-corrected chi connectivity index (χ4v) is 6.51. The van der Waals surface area contributed by atoms with Gasteiger partial charge in [-0.2, -0.15) is 0 Å². The normalized spacial score (nSPS) is 13.5. The van der Waals surface area contributed by atoms with Crippen LogP contribution in [0.15, 0.2) is 85.5 Å². The van der Waals surface area contributed by atoms with Gasteiger partial charge in [-0.25, -0.2) is 4.98 Å². The van der Waals surface area contributed by atoms with Gasteiger partial charge in [-0.05, 0) is 80.9 Å². The van der Waals surface area contributed by atoms with Crippen molar-refractivity contribution < 1.29 is 0 Å². The SMILES string of the molecule is c1ccc2c(c1)Cc1cc3c(cc1-2)-c1c(ccc2c4ccncc4n4c5ccncc5nc4c12)C3. The van der Waals surface area contributed by atoms with Crippen LogP contribution < -0.4 is 0 Å². The van der Waals surface area contributed by atoms with E-state index in [1.165, 1.54) is 60.7 Å². The van der Waals surface area contributed by atoms with Crippen LogP contribution in [0.1, 0.15) is 22.3 Å². The summed E-state index contributed by atoms with van der Waals surface area (Å²) in [7, 11) is 0. The Labute approximate surface area is 200 Å². The topological polar surface area (TPSA) is 43.1 Å². The lowest BCUT2D eigenvalue weighted by atomic mass is 9.94. The largest absolute Gasteiger partial charge is 0.290 e. The average molecular weight is 447 g/mol. The summed E-state index contributed by atoms with van der Waals surface area (Å²) in [5.74, 6) is 0. The van der Waals surface area contributed by atoms with Crippen molar-refractivity contribution in [2.45, 2.75) is 12.8 Å². The van der Waals surface area contributed by atoms with E-state index in [-0.39, 0.29) is 0 Å². The van der Waals surface area contributed by atoms with Crippen LogP contribution in [0.2, 0.25) is 0 Å². The van der Waals surface area contributed by atoms with Crippen LogP contribution in [0, 0.1) is 0 Å². The molecular weight excluding hydrogens is 428 g/mol. The second-order valence-electron chi connectivity index (χ2n) is 9.73. The van der Waals surface area contributed by atoms with Crippen molar-refractivity contribution in [3.05, 3.63) is 108 Å². The first kappa shape index (κ1) is 17.8. The van der Waals surface area contributed by atoms with Gasteiger partial charge < -0.3 is 0 Å². The molecule has 4 heterocycles. The molecule has 0 fully saturated rings. The van der Waals surface area contributed by atoms with E-state index in [1.807, 2.05) is 24.8 Å². The molecule has 0 aliphatic heterocycles. The summed E-state index contributed by atoms with van der Waals surface area (Å²) in [5, 5.41) is 3.65. The number of benzene rings is 3. The zero-order valence-electron chi connectivity index (χ0n) is 18.8. The fourth-order valence-electron chi connectivity index (χ4n) is 6.51. The molecule has 0 bridgehead atoms. The van der Waals surface area contributed by atoms with Crippen LogP contribution in [0.25, 0.3) is 60.6 Å². The Morgan fingerprint density at radius 1 is 0.629 bits per heavy atom. The van der Waals surface area contributed by atoms with Crippen molar-refractivity contribution in [3.8, 4) is 22.3 Å². The maximum atomic E-state index is 5.13. The maximum absolute atomic E-state index is 5.13. The quantitative estimate of drug-likeness (QED) is 0.243. The Kier molecular flexibility index (Phi) is 3.11. The first-order valence-electron chi connectivity index (χ1n) is 12.0. The third kappa shape index (κ3) is 2.15. The van der Waals surface area contributed by atoms with Crippen molar-refractivity contribution >= 4 is 38.4 Å². The first-order valence-corrected chi connectivity index (χ1v) is 12.0. The standard InChI is InChI=1S/C31H18N4/c1-2-4-21-17(3-1)11-19-13-20-12-18-5-6-23-22-7-9-33-16-28(22)35-27-8-10-32-15-26(27)34-31(35)30(23)29(18)25(20)14-24(19)21/h1-10,13-16H,11-12H2. The van der Waals surface area contributed by atoms with Gasteiger partial charge in [-0.15, -0.1) is 0 Å². The Balaban J connectivity index is 1.48. The molecule has 0 N–H and O–H groups in total. The smallest absolute Gasteiger partial charge is 0.147 e. The van der Waals surface area contributed by atoms with Gasteiger partial charge in [-0.1, -0.05) is 42.5 Å². The number of aromatic nitrogens is 4. The fraction of sp³-hybridized carbons (Fsp3) is 0.0645. The Morgan fingerprint density at radius 2 is 1.49 bits per heavy atom. The predicted octanol–water partition coefficient (Wildman–Crippen LogP) is 6.73. The van der Waals surface area contributed by atoms with Gasteiger partial charge in [0.2, 0.25) is 0 Å². The van der Waals surface area contributed by atoms with E-state index >= 15 is 0 Å². The highest BCUT2D eigenvalue weighted by Gasteiger charge is 2.28. The van der Waals surface area contributed by atoms with Gasteiger partial charge in [0.05, 0.1) is 23.4 Å². The van der Waals surface area contributed by atoms with E-state index in [0.29, 0.717) is 0 Å². The van der Waals surface area contributed by atoms with Crippen LogP contribution in [0.3, 0.4) is 0 Å². The van der Waals surface area contributed by atoms with Gasteiger partial charge in [0.25, 0.3) is 0 Å². The Bertz CT molecular complexity index is 2070. The second kappa shape index (κ2) is 6.10. The molecule has 0 radical (unpaired) electrons. The molecule has 4 nitrogen and oxygen atoms in total. The van der Waals surface area contributed by atoms with Crippen LogP contribution in [-0.2, 0) is 12.8 Å². The van der Waals surface area contributed by atoms with E-state index in [9.17, 15) is 0 Å². The zero-order chi connectivity index (χ0) is 22.7. The minimum absolute atomic E-state index is 0.906. The molecule has 0 amide bonds. The van der Waals surface area contributed by atoms with Gasteiger partial charge in [0.15, 0.2) is 0 Å². The number of nitrogens with zero attached hydrogens (tertiary/aromatic N) is 4. The molecule has 0 spiro atoms. The van der Waals surface area contributed by atoms with Crippen molar-refractivity contribution in [2.24, 2.45) is 0 Å². The summed E-state index contributed by atoms with van der Waals surface area (Å²) < 4.78 is 2.27. The van der Waals surface area contributed by atoms with Crippen LogP contribution >= 0.6 is 0 Å². The molecule has 7 aromatic rings. The van der Waals surface area contributed by atoms with E-state index < -0.39 is 0 Å². The minimum atomic E-state index is 0.906. The number of hydrogen-bond donors (Lipinski definition) is 0. The molecule has 0 saturated carbocycles. The minimum Gasteiger partial charge on any atom is -0.290 e. The third-order valence-electron chi connectivity index (χ3n) is 7.97. The van der Waals surface area contributed by atoms with Gasteiger partial charge in [0.1, 0.15) is 11.2 Å². The lowest BCUT2D eigenvalue weighted by Gasteiger charge is -2.13. The highest BCUT2D eigenvalue weighted by atomic mass is 15.0. The summed E-state index contributed by atoms with van der Waals surface area (Å²) in [5.41, 5.74) is 15.1. The predicted molar refractivity (Wildman–Crippen MR) is 140 cm³/mol. The lowest BCUT2D eigenvalue weighted by molar-refractivity contribution is 1.21. The first-order chi connectivity index (χ1) is 17.3. The molecule has 4 aromatic heterocycles. The van der Waals surface area contributed by atoms with E-state index in [4.69, 9.17) is 4.98 Å². The molecule has 0 unspecified atom stereocenters. The molecule has 35 heavy (non-hydrogen) atoms. The van der Waals surface area contributed by atoms with Crippen molar-refractivity contribution in [3.63, 3.8) is 0 Å². The van der Waals surface area contributed by atoms with Crippen molar-refractivity contribution in [1.82, 2.24) is 19.4 Å². The third-order valence-corrected chi connectivity index (χ3v) is 7.97. The van der Waals surface area contributed by atoms with Gasteiger partial charge >= 0.3 is 0 Å². The van der Waals surface area contributed by atoms with Crippen LogP contribution in [0.4, 0.5) is 0 Å². The van der Waals surface area contributed by atoms with Crippen LogP contribution in [0.5, 0.6) is 0 Å². The molecule has 2 aliphatic rings. The number of pyridine rings is 3. The highest BCUT2D eigenvalue weighted by molar-refractivity contribution is 6.19. The number of imidazole rings is 1. The van der Waals surface area contributed by atoms with E-state index in [0.717, 1.165) is 35.0 Å². The molecule has 4 heteroatoms. The van der Waals surface area contributed by atoms with Gasteiger partial charge in [-0.3, -0.25) is 14.4 Å². The summed E-state index contributed by atoms with van der Waals surface area (Å²) in [4.78, 5) is 13.9. The average Bonchev–Trinajstić information content (AvgIpc) is 3.58. The van der Waals surface area contributed by atoms with Gasteiger partial charge in [0, 0.05) is 23.2 Å². The second-order valence-corrected chi connectivity index (χ2v) is 9.73. The molecular formula is C31H18N4. The number of rotatable bonds is 0. The van der Waals surface area contributed by atoms with E-state index in [2.05, 4.69) is 75.0 Å². The van der Waals surface area contributed by atoms with Crippen LogP contribution in [-0.4, -0.2) is 19.4 Å². The maximum Gasteiger partial charge on any atom is 0.147 e. The number of hydrogen-bond acceptors (Lipinski definition) is 3. The highest BCUT2D eigenvalue weighted by Crippen LogP contribution is 2.48. The molecule has 0 saturated heterocycles. The Morgan fingerprint density at radius 3 is 2.49 bits per heavy atom. The van der Waals surface area contributed by atoms with Crippen molar-refractivity contribution in [2.75, 3.05) is 0 Å².